The molecule has 0 aromatic heterocycles. The molecule has 0 aliphatic heterocycles. The van der Waals surface area contributed by atoms with E-state index >= 15 is 0 Å². The van der Waals surface area contributed by atoms with Gasteiger partial charge in [-0.15, -0.1) is 0 Å². The Morgan fingerprint density at radius 2 is 1.89 bits per heavy atom. The zero-order valence-corrected chi connectivity index (χ0v) is 12.6. The Morgan fingerprint density at radius 3 is 2.42 bits per heavy atom. The number of thiocarbonyl (C=S) groups is 1. The lowest BCUT2D eigenvalue weighted by atomic mass is 10.1. The van der Waals surface area contributed by atoms with Crippen LogP contribution in [0.3, 0.4) is 0 Å². The topological polar surface area (TPSA) is 41.1 Å². The van der Waals surface area contributed by atoms with Crippen LogP contribution in [-0.2, 0) is 0 Å². The summed E-state index contributed by atoms with van der Waals surface area (Å²) in [5.41, 5.74) is 1.75. The largest absolute Gasteiger partial charge is 0.360 e. The van der Waals surface area contributed by atoms with Crippen molar-refractivity contribution >= 4 is 23.2 Å². The van der Waals surface area contributed by atoms with Crippen molar-refractivity contribution in [3.63, 3.8) is 0 Å². The normalized spacial score (nSPS) is 11.7. The summed E-state index contributed by atoms with van der Waals surface area (Å²) in [5.74, 6) is -0.163. The van der Waals surface area contributed by atoms with Crippen molar-refractivity contribution in [3.8, 4) is 0 Å². The molecule has 0 fully saturated rings. The fourth-order valence-electron chi connectivity index (χ4n) is 1.83. The van der Waals surface area contributed by atoms with Gasteiger partial charge in [-0.3, -0.25) is 10.1 Å². The Balaban J connectivity index is 2.52. The van der Waals surface area contributed by atoms with Crippen LogP contribution in [0.5, 0.6) is 0 Å². The predicted molar refractivity (Wildman–Crippen MR) is 83.4 cm³/mol. The Labute approximate surface area is 120 Å². The maximum atomic E-state index is 12.0. The summed E-state index contributed by atoms with van der Waals surface area (Å²) in [7, 11) is 0. The molecule has 1 unspecified atom stereocenters. The van der Waals surface area contributed by atoms with Crippen LogP contribution in [0, 0.1) is 6.92 Å². The van der Waals surface area contributed by atoms with E-state index in [1.807, 2.05) is 19.1 Å². The number of carbonyl (C=O) groups excluding carboxylic acids is 1. The Hall–Kier alpha value is -1.42. The third-order valence-electron chi connectivity index (χ3n) is 3.01. The molecule has 1 aromatic carbocycles. The average molecular weight is 278 g/mol. The van der Waals surface area contributed by atoms with Crippen molar-refractivity contribution in [2.45, 2.75) is 46.1 Å². The molecule has 1 amide bonds. The molecule has 104 valence electrons. The number of amides is 1. The fraction of sp³-hybridized carbons (Fsp3) is 0.467. The van der Waals surface area contributed by atoms with Crippen LogP contribution in [-0.4, -0.2) is 17.1 Å². The summed E-state index contributed by atoms with van der Waals surface area (Å²) in [5, 5.41) is 6.31. The number of carbonyl (C=O) groups is 1. The van der Waals surface area contributed by atoms with Crippen LogP contribution in [0.1, 0.15) is 49.0 Å². The zero-order chi connectivity index (χ0) is 14.3. The zero-order valence-electron chi connectivity index (χ0n) is 11.8. The first-order valence-corrected chi connectivity index (χ1v) is 7.16. The maximum Gasteiger partial charge on any atom is 0.257 e. The van der Waals surface area contributed by atoms with Crippen LogP contribution in [0.25, 0.3) is 0 Å². The van der Waals surface area contributed by atoms with Crippen molar-refractivity contribution in [2.24, 2.45) is 0 Å². The summed E-state index contributed by atoms with van der Waals surface area (Å²) < 4.78 is 0. The minimum absolute atomic E-state index is 0.163. The second-order valence-electron chi connectivity index (χ2n) is 4.69. The summed E-state index contributed by atoms with van der Waals surface area (Å²) in [6.07, 6.45) is 3.14. The minimum Gasteiger partial charge on any atom is -0.360 e. The highest BCUT2D eigenvalue weighted by atomic mass is 32.1. The molecule has 0 aliphatic rings. The summed E-state index contributed by atoms with van der Waals surface area (Å²) >= 11 is 5.17. The number of hydrogen-bond donors (Lipinski definition) is 2. The van der Waals surface area contributed by atoms with Crippen LogP contribution >= 0.6 is 12.2 Å². The molecule has 0 bridgehead atoms. The van der Waals surface area contributed by atoms with Gasteiger partial charge in [-0.1, -0.05) is 38.0 Å². The smallest absolute Gasteiger partial charge is 0.257 e. The maximum absolute atomic E-state index is 12.0. The number of rotatable bonds is 5. The van der Waals surface area contributed by atoms with Crippen molar-refractivity contribution in [2.75, 3.05) is 0 Å². The molecule has 1 atom stereocenters. The molecule has 2 N–H and O–H groups in total. The molecule has 3 nitrogen and oxygen atoms in total. The van der Waals surface area contributed by atoms with E-state index in [0.717, 1.165) is 24.8 Å². The van der Waals surface area contributed by atoms with Crippen LogP contribution in [0.15, 0.2) is 24.3 Å². The van der Waals surface area contributed by atoms with Gasteiger partial charge in [0.1, 0.15) is 0 Å². The van der Waals surface area contributed by atoms with E-state index in [-0.39, 0.29) is 5.91 Å². The fourth-order valence-corrected chi connectivity index (χ4v) is 2.09. The first-order chi connectivity index (χ1) is 9.06. The predicted octanol–water partition coefficient (Wildman–Crippen LogP) is 3.18. The number of benzene rings is 1. The van der Waals surface area contributed by atoms with Gasteiger partial charge in [-0.05, 0) is 44.1 Å². The minimum atomic E-state index is -0.163. The highest BCUT2D eigenvalue weighted by Crippen LogP contribution is 2.03. The molecule has 19 heavy (non-hydrogen) atoms. The third-order valence-corrected chi connectivity index (χ3v) is 3.23. The first kappa shape index (κ1) is 15.6. The Bertz CT molecular complexity index is 428. The van der Waals surface area contributed by atoms with Gasteiger partial charge in [0, 0.05) is 11.6 Å². The molecule has 0 saturated heterocycles. The van der Waals surface area contributed by atoms with E-state index < -0.39 is 0 Å². The van der Waals surface area contributed by atoms with Gasteiger partial charge in [-0.2, -0.15) is 0 Å². The van der Waals surface area contributed by atoms with Crippen molar-refractivity contribution in [1.82, 2.24) is 10.6 Å². The van der Waals surface area contributed by atoms with Gasteiger partial charge in [0.2, 0.25) is 0 Å². The van der Waals surface area contributed by atoms with E-state index in [0.29, 0.717) is 16.7 Å². The second kappa shape index (κ2) is 7.89. The standard InChI is InChI=1S/C15H22N2OS/c1-4-6-13(5-2)16-15(19)17-14(18)12-9-7-11(3)8-10-12/h7-10,13H,4-6H2,1-3H3,(H2,16,17,18,19). The summed E-state index contributed by atoms with van der Waals surface area (Å²) in [6.45, 7) is 6.24. The highest BCUT2D eigenvalue weighted by Gasteiger charge is 2.10. The van der Waals surface area contributed by atoms with Crippen LogP contribution < -0.4 is 10.6 Å². The average Bonchev–Trinajstić information content (AvgIpc) is 2.38. The lowest BCUT2D eigenvalue weighted by Crippen LogP contribution is -2.44. The van der Waals surface area contributed by atoms with Gasteiger partial charge in [0.05, 0.1) is 0 Å². The van der Waals surface area contributed by atoms with Crippen molar-refractivity contribution in [1.29, 1.82) is 0 Å². The molecule has 0 radical (unpaired) electrons. The molecule has 4 heteroatoms. The SMILES string of the molecule is CCCC(CC)NC(=S)NC(=O)c1ccc(C)cc1. The van der Waals surface area contributed by atoms with E-state index in [9.17, 15) is 4.79 Å². The van der Waals surface area contributed by atoms with E-state index in [1.165, 1.54) is 0 Å². The molecule has 0 aliphatic carbocycles. The van der Waals surface area contributed by atoms with E-state index in [4.69, 9.17) is 12.2 Å². The molecule has 0 saturated carbocycles. The number of aryl methyl sites for hydroxylation is 1. The second-order valence-corrected chi connectivity index (χ2v) is 5.10. The molecule has 0 heterocycles. The molecule has 0 spiro atoms. The van der Waals surface area contributed by atoms with Gasteiger partial charge < -0.3 is 5.32 Å². The summed E-state index contributed by atoms with van der Waals surface area (Å²) in [6, 6.07) is 7.76. The summed E-state index contributed by atoms with van der Waals surface area (Å²) in [4.78, 5) is 12.0. The lowest BCUT2D eigenvalue weighted by molar-refractivity contribution is 0.0976. The Kier molecular flexibility index (Phi) is 6.50. The monoisotopic (exact) mass is 278 g/mol. The van der Waals surface area contributed by atoms with Gasteiger partial charge in [-0.25, -0.2) is 0 Å². The van der Waals surface area contributed by atoms with Gasteiger partial charge in [0.25, 0.3) is 5.91 Å². The van der Waals surface area contributed by atoms with Gasteiger partial charge in [0.15, 0.2) is 5.11 Å². The van der Waals surface area contributed by atoms with Crippen molar-refractivity contribution < 1.29 is 4.79 Å². The number of hydrogen-bond acceptors (Lipinski definition) is 2. The van der Waals surface area contributed by atoms with Crippen LogP contribution in [0.2, 0.25) is 0 Å². The quantitative estimate of drug-likeness (QED) is 0.813. The molecule has 1 aromatic rings. The third kappa shape index (κ3) is 5.39. The molecular formula is C15H22N2OS. The highest BCUT2D eigenvalue weighted by molar-refractivity contribution is 7.80. The van der Waals surface area contributed by atoms with E-state index in [2.05, 4.69) is 24.5 Å². The van der Waals surface area contributed by atoms with Gasteiger partial charge >= 0.3 is 0 Å². The van der Waals surface area contributed by atoms with Crippen molar-refractivity contribution in [3.05, 3.63) is 35.4 Å². The number of nitrogens with one attached hydrogen (secondary N) is 2. The first-order valence-electron chi connectivity index (χ1n) is 6.75. The van der Waals surface area contributed by atoms with Crippen LogP contribution in [0.4, 0.5) is 0 Å². The lowest BCUT2D eigenvalue weighted by Gasteiger charge is -2.18. The van der Waals surface area contributed by atoms with E-state index in [1.54, 1.807) is 12.1 Å². The molecule has 1 rings (SSSR count). The Morgan fingerprint density at radius 1 is 1.26 bits per heavy atom. The molecular weight excluding hydrogens is 256 g/mol.